The molecule has 0 spiro atoms. The molecule has 1 amide bonds. The highest BCUT2D eigenvalue weighted by molar-refractivity contribution is 8.26. The third kappa shape index (κ3) is 10.3. The number of unbranched alkanes of at least 4 members (excludes halogenated alkanes) is 10. The van der Waals surface area contributed by atoms with Gasteiger partial charge in [-0.2, -0.15) is 0 Å². The first-order chi connectivity index (χ1) is 18.3. The van der Waals surface area contributed by atoms with Gasteiger partial charge in [0, 0.05) is 6.42 Å². The van der Waals surface area contributed by atoms with E-state index < -0.39 is 18.4 Å². The van der Waals surface area contributed by atoms with Crippen LogP contribution < -0.4 is 14.2 Å². The summed E-state index contributed by atoms with van der Waals surface area (Å²) in [6.07, 6.45) is 15.1. The van der Waals surface area contributed by atoms with Crippen molar-refractivity contribution in [3.05, 3.63) is 22.6 Å². The zero-order valence-electron chi connectivity index (χ0n) is 22.6. The molecule has 0 saturated carbocycles. The summed E-state index contributed by atoms with van der Waals surface area (Å²) < 4.78 is 16.6. The van der Waals surface area contributed by atoms with Gasteiger partial charge in [-0.05, 0) is 30.2 Å². The maximum atomic E-state index is 12.6. The van der Waals surface area contributed by atoms with Gasteiger partial charge >= 0.3 is 11.9 Å². The summed E-state index contributed by atoms with van der Waals surface area (Å²) in [4.78, 5) is 37.4. The first-order valence-corrected chi connectivity index (χ1v) is 14.5. The summed E-state index contributed by atoms with van der Waals surface area (Å²) in [5, 5.41) is 9.01. The van der Waals surface area contributed by atoms with Gasteiger partial charge in [0.05, 0.1) is 19.1 Å². The number of rotatable bonds is 18. The van der Waals surface area contributed by atoms with E-state index in [9.17, 15) is 14.4 Å². The van der Waals surface area contributed by atoms with Gasteiger partial charge < -0.3 is 19.3 Å². The van der Waals surface area contributed by atoms with Crippen LogP contribution in [0.15, 0.2) is 17.0 Å². The van der Waals surface area contributed by atoms with Gasteiger partial charge in [-0.1, -0.05) is 95.1 Å². The van der Waals surface area contributed by atoms with Crippen molar-refractivity contribution in [2.75, 3.05) is 20.8 Å². The number of hydrogen-bond acceptors (Lipinski definition) is 8. The van der Waals surface area contributed by atoms with Crippen LogP contribution in [0.5, 0.6) is 17.2 Å². The van der Waals surface area contributed by atoms with Crippen molar-refractivity contribution in [1.82, 2.24) is 4.90 Å². The Morgan fingerprint density at radius 2 is 1.47 bits per heavy atom. The number of esters is 1. The van der Waals surface area contributed by atoms with Crippen molar-refractivity contribution >= 4 is 52.2 Å². The largest absolute Gasteiger partial charge is 0.493 e. The van der Waals surface area contributed by atoms with Gasteiger partial charge in [-0.25, -0.2) is 0 Å². The lowest BCUT2D eigenvalue weighted by atomic mass is 10.1. The fourth-order valence-corrected chi connectivity index (χ4v) is 5.36. The van der Waals surface area contributed by atoms with Gasteiger partial charge in [0.1, 0.15) is 10.9 Å². The first kappa shape index (κ1) is 31.6. The number of hydrogen-bond donors (Lipinski definition) is 1. The number of carbonyl (C=O) groups is 3. The molecule has 1 fully saturated rings. The topological polar surface area (TPSA) is 102 Å². The molecule has 8 nitrogen and oxygen atoms in total. The van der Waals surface area contributed by atoms with E-state index in [0.29, 0.717) is 12.0 Å². The van der Waals surface area contributed by atoms with Crippen molar-refractivity contribution in [3.8, 4) is 17.2 Å². The zero-order chi connectivity index (χ0) is 27.9. The van der Waals surface area contributed by atoms with E-state index in [2.05, 4.69) is 6.92 Å². The fourth-order valence-electron chi connectivity index (χ4n) is 4.11. The minimum Gasteiger partial charge on any atom is -0.493 e. The van der Waals surface area contributed by atoms with Crippen LogP contribution in [-0.2, 0) is 14.4 Å². The predicted octanol–water partition coefficient (Wildman–Crippen LogP) is 6.60. The van der Waals surface area contributed by atoms with Gasteiger partial charge in [0.2, 0.25) is 5.75 Å². The molecule has 38 heavy (non-hydrogen) atoms. The highest BCUT2D eigenvalue weighted by Gasteiger charge is 2.33. The lowest BCUT2D eigenvalue weighted by Crippen LogP contribution is -2.33. The molecule has 0 bridgehead atoms. The van der Waals surface area contributed by atoms with E-state index >= 15 is 0 Å². The molecular formula is C28H39NO7S2. The average molecular weight is 566 g/mol. The molecular weight excluding hydrogens is 526 g/mol. The number of carbonyl (C=O) groups excluding carboxylic acids is 2. The van der Waals surface area contributed by atoms with Crippen molar-refractivity contribution in [3.63, 3.8) is 0 Å². The average Bonchev–Trinajstić information content (AvgIpc) is 3.14. The van der Waals surface area contributed by atoms with Crippen molar-refractivity contribution in [2.45, 2.75) is 84.0 Å². The summed E-state index contributed by atoms with van der Waals surface area (Å²) in [5.41, 5.74) is 0.555. The summed E-state index contributed by atoms with van der Waals surface area (Å²) in [5.74, 6) is -1.25. The Kier molecular flexibility index (Phi) is 14.2. The number of thiocarbonyl (C=S) groups is 1. The molecule has 10 heteroatoms. The number of thioether (sulfide) groups is 1. The van der Waals surface area contributed by atoms with Crippen molar-refractivity contribution in [1.29, 1.82) is 0 Å². The molecule has 1 aliphatic heterocycles. The Morgan fingerprint density at radius 3 is 1.97 bits per heavy atom. The second-order valence-corrected chi connectivity index (χ2v) is 10.9. The maximum absolute atomic E-state index is 12.6. The first-order valence-electron chi connectivity index (χ1n) is 13.2. The lowest BCUT2D eigenvalue weighted by Gasteiger charge is -2.14. The Labute approximate surface area is 235 Å². The van der Waals surface area contributed by atoms with Crippen LogP contribution in [0.25, 0.3) is 6.08 Å². The molecule has 0 aromatic heterocycles. The molecule has 1 aromatic rings. The monoisotopic (exact) mass is 565 g/mol. The van der Waals surface area contributed by atoms with Crippen LogP contribution in [0.3, 0.4) is 0 Å². The minimum atomic E-state index is -1.15. The van der Waals surface area contributed by atoms with E-state index in [-0.39, 0.29) is 32.4 Å². The summed E-state index contributed by atoms with van der Waals surface area (Å²) >= 11 is 6.16. The normalized spacial score (nSPS) is 14.3. The Hall–Kier alpha value is -2.59. The number of benzene rings is 1. The summed E-state index contributed by atoms with van der Waals surface area (Å²) in [6.45, 7) is 1.73. The van der Waals surface area contributed by atoms with Gasteiger partial charge in [-0.15, -0.1) is 0 Å². The van der Waals surface area contributed by atoms with Crippen LogP contribution in [0.2, 0.25) is 0 Å². The van der Waals surface area contributed by atoms with Crippen LogP contribution in [0.1, 0.15) is 89.5 Å². The van der Waals surface area contributed by atoms with E-state index in [1.807, 2.05) is 0 Å². The van der Waals surface area contributed by atoms with Gasteiger partial charge in [0.15, 0.2) is 11.5 Å². The molecule has 210 valence electrons. The zero-order valence-corrected chi connectivity index (χ0v) is 24.2. The number of methoxy groups -OCH3 is 2. The number of carboxylic acids is 1. The molecule has 0 unspecified atom stereocenters. The highest BCUT2D eigenvalue weighted by atomic mass is 32.2. The Morgan fingerprint density at radius 1 is 0.947 bits per heavy atom. The standard InChI is InChI=1S/C28H39NO7S2/c1-4-5-6-7-8-9-10-11-12-13-14-15-25(32)36-26-21(34-2)16-20(17-22(26)35-3)18-23-27(33)29(19-24(30)31)28(37)38-23/h16-18H,4-15,19H2,1-3H3,(H,30,31)/b23-18-. The van der Waals surface area contributed by atoms with Crippen molar-refractivity contribution < 1.29 is 33.7 Å². The van der Waals surface area contributed by atoms with E-state index in [1.54, 1.807) is 18.2 Å². The molecule has 1 aromatic carbocycles. The van der Waals surface area contributed by atoms with Crippen LogP contribution in [0, 0.1) is 0 Å². The van der Waals surface area contributed by atoms with E-state index in [0.717, 1.165) is 35.9 Å². The smallest absolute Gasteiger partial charge is 0.323 e. The fraction of sp³-hybridized carbons (Fsp3) is 0.571. The molecule has 0 radical (unpaired) electrons. The number of ether oxygens (including phenoxy) is 3. The van der Waals surface area contributed by atoms with E-state index in [1.165, 1.54) is 65.6 Å². The maximum Gasteiger partial charge on any atom is 0.323 e. The predicted molar refractivity (Wildman–Crippen MR) is 154 cm³/mol. The van der Waals surface area contributed by atoms with Crippen LogP contribution in [-0.4, -0.2) is 52.9 Å². The third-order valence-corrected chi connectivity index (χ3v) is 7.53. The van der Waals surface area contributed by atoms with E-state index in [4.69, 9.17) is 31.5 Å². The number of amides is 1. The second-order valence-electron chi connectivity index (χ2n) is 9.18. The van der Waals surface area contributed by atoms with Gasteiger partial charge in [0.25, 0.3) is 5.91 Å². The molecule has 0 atom stereocenters. The SMILES string of the molecule is CCCCCCCCCCCCCC(=O)Oc1c(OC)cc(/C=C2\SC(=S)N(CC(=O)O)C2=O)cc1OC. The van der Waals surface area contributed by atoms with Crippen LogP contribution in [0.4, 0.5) is 0 Å². The minimum absolute atomic E-state index is 0.176. The Bertz CT molecular complexity index is 984. The van der Waals surface area contributed by atoms with Gasteiger partial charge in [-0.3, -0.25) is 19.3 Å². The number of aliphatic carboxylic acids is 1. The summed E-state index contributed by atoms with van der Waals surface area (Å²) in [7, 11) is 2.90. The lowest BCUT2D eigenvalue weighted by molar-refractivity contribution is -0.140. The number of nitrogens with zero attached hydrogens (tertiary/aromatic N) is 1. The molecule has 1 heterocycles. The molecule has 0 aliphatic carbocycles. The molecule has 1 aliphatic rings. The van der Waals surface area contributed by atoms with Crippen molar-refractivity contribution in [2.24, 2.45) is 0 Å². The Balaban J connectivity index is 1.90. The third-order valence-electron chi connectivity index (χ3n) is 6.15. The molecule has 2 rings (SSSR count). The second kappa shape index (κ2) is 17.1. The molecule has 1 N–H and O–H groups in total. The van der Waals surface area contributed by atoms with Crippen LogP contribution >= 0.6 is 24.0 Å². The number of carboxylic acid groups (broad SMARTS) is 1. The summed E-state index contributed by atoms with van der Waals surface area (Å²) in [6, 6.07) is 3.24. The highest BCUT2D eigenvalue weighted by Crippen LogP contribution is 2.41. The quantitative estimate of drug-likeness (QED) is 0.0693. The molecule has 1 saturated heterocycles.